The molecule has 3 aromatic rings. The first-order chi connectivity index (χ1) is 16.4. The monoisotopic (exact) mass is 528 g/mol. The number of hydrogen-bond acceptors (Lipinski definition) is 5. The molecule has 2 heterocycles. The first kappa shape index (κ1) is 26.4. The third-order valence-electron chi connectivity index (χ3n) is 4.61. The van der Waals surface area contributed by atoms with Gasteiger partial charge in [0.05, 0.1) is 28.9 Å². The van der Waals surface area contributed by atoms with Crippen molar-refractivity contribution in [1.82, 2.24) is 20.3 Å². The molecule has 0 radical (unpaired) electrons. The van der Waals surface area contributed by atoms with Gasteiger partial charge in [-0.05, 0) is 26.0 Å². The summed E-state index contributed by atoms with van der Waals surface area (Å²) in [7, 11) is 0. The number of pyridine rings is 1. The largest absolute Gasteiger partial charge is 0.490 e. The Hall–Kier alpha value is -3.24. The van der Waals surface area contributed by atoms with Crippen LogP contribution in [0.5, 0.6) is 5.75 Å². The van der Waals surface area contributed by atoms with E-state index in [-0.39, 0.29) is 39.7 Å². The molecule has 0 atom stereocenters. The van der Waals surface area contributed by atoms with E-state index >= 15 is 4.39 Å². The van der Waals surface area contributed by atoms with Crippen LogP contribution < -0.4 is 10.1 Å². The van der Waals surface area contributed by atoms with Crippen molar-refractivity contribution in [3.05, 3.63) is 76.3 Å². The van der Waals surface area contributed by atoms with Gasteiger partial charge in [0.15, 0.2) is 11.0 Å². The maximum absolute atomic E-state index is 15.2. The number of rotatable bonds is 7. The molecule has 0 aliphatic rings. The smallest absolute Gasteiger partial charge is 0.433 e. The fourth-order valence-electron chi connectivity index (χ4n) is 3.02. The van der Waals surface area contributed by atoms with Crippen LogP contribution in [0.3, 0.4) is 0 Å². The number of aromatic nitrogens is 3. The van der Waals surface area contributed by atoms with Crippen LogP contribution in [0.15, 0.2) is 43.4 Å². The zero-order valence-corrected chi connectivity index (χ0v) is 19.9. The van der Waals surface area contributed by atoms with Crippen molar-refractivity contribution in [1.29, 1.82) is 0 Å². The highest BCUT2D eigenvalue weighted by atomic mass is 35.5. The van der Waals surface area contributed by atoms with Crippen molar-refractivity contribution in [3.8, 4) is 16.9 Å². The minimum atomic E-state index is -4.67. The third-order valence-corrected chi connectivity index (χ3v) is 5.20. The molecular weight excluding hydrogens is 511 g/mol. The predicted octanol–water partition coefficient (Wildman–Crippen LogP) is 6.12. The summed E-state index contributed by atoms with van der Waals surface area (Å²) < 4.78 is 59.8. The highest BCUT2D eigenvalue weighted by Crippen LogP contribution is 2.42. The lowest BCUT2D eigenvalue weighted by Gasteiger charge is -2.21. The minimum absolute atomic E-state index is 0.0329. The fourth-order valence-corrected chi connectivity index (χ4v) is 3.40. The highest BCUT2D eigenvalue weighted by molar-refractivity contribution is 6.32. The van der Waals surface area contributed by atoms with Gasteiger partial charge in [0.1, 0.15) is 11.4 Å². The number of nitrogens with one attached hydrogen (secondary N) is 1. The molecule has 35 heavy (non-hydrogen) atoms. The van der Waals surface area contributed by atoms with E-state index in [1.165, 1.54) is 12.4 Å². The Morgan fingerprint density at radius 3 is 2.43 bits per heavy atom. The second kappa shape index (κ2) is 10.6. The highest BCUT2D eigenvalue weighted by Gasteiger charge is 2.33. The molecule has 0 bridgehead atoms. The Balaban J connectivity index is 2.04. The standard InChI is InChI=1S/C23H18Cl2F4N4O2/c1-11(2)35-20-14(12(3)22(34)33-10-16-21(25)31-7-6-30-16)8-15(24)19(26)18(20)13-4-5-17(32-9-13)23(27,28)29/h4-9,11H,3,10H2,1-2H3,(H,33,34). The normalized spacial score (nSPS) is 11.5. The lowest BCUT2D eigenvalue weighted by molar-refractivity contribution is -0.141. The van der Waals surface area contributed by atoms with E-state index in [4.69, 9.17) is 27.9 Å². The SMILES string of the molecule is C=C(C(=O)NCc1nccnc1Cl)c1cc(Cl)c(F)c(-c2ccc(C(F)(F)F)nc2)c1OC(C)C. The van der Waals surface area contributed by atoms with Gasteiger partial charge in [-0.2, -0.15) is 13.2 Å². The van der Waals surface area contributed by atoms with Crippen LogP contribution in [0.25, 0.3) is 16.7 Å². The zero-order chi connectivity index (χ0) is 25.9. The first-order valence-electron chi connectivity index (χ1n) is 10.0. The Labute approximate surface area is 208 Å². The van der Waals surface area contributed by atoms with Gasteiger partial charge in [-0.1, -0.05) is 35.8 Å². The molecule has 0 fully saturated rings. The van der Waals surface area contributed by atoms with E-state index in [2.05, 4.69) is 26.8 Å². The average molecular weight is 529 g/mol. The summed E-state index contributed by atoms with van der Waals surface area (Å²) in [5.41, 5.74) is -1.22. The van der Waals surface area contributed by atoms with Crippen LogP contribution in [-0.4, -0.2) is 27.0 Å². The van der Waals surface area contributed by atoms with Gasteiger partial charge in [-0.15, -0.1) is 0 Å². The number of hydrogen-bond donors (Lipinski definition) is 1. The first-order valence-corrected chi connectivity index (χ1v) is 10.8. The van der Waals surface area contributed by atoms with E-state index in [0.717, 1.165) is 18.3 Å². The molecule has 0 spiro atoms. The van der Waals surface area contributed by atoms with Crippen LogP contribution >= 0.6 is 23.2 Å². The predicted molar refractivity (Wildman–Crippen MR) is 123 cm³/mol. The van der Waals surface area contributed by atoms with Crippen LogP contribution in [0, 0.1) is 5.82 Å². The summed E-state index contributed by atoms with van der Waals surface area (Å²) >= 11 is 12.0. The fraction of sp³-hybridized carbons (Fsp3) is 0.217. The molecule has 1 N–H and O–H groups in total. The molecular formula is C23H18Cl2F4N4O2. The van der Waals surface area contributed by atoms with Gasteiger partial charge < -0.3 is 10.1 Å². The molecule has 1 amide bonds. The van der Waals surface area contributed by atoms with E-state index in [0.29, 0.717) is 11.8 Å². The van der Waals surface area contributed by atoms with Crippen molar-refractivity contribution in [2.24, 2.45) is 0 Å². The van der Waals surface area contributed by atoms with E-state index in [1.807, 2.05) is 0 Å². The molecule has 0 aliphatic carbocycles. The van der Waals surface area contributed by atoms with Gasteiger partial charge >= 0.3 is 6.18 Å². The Bertz CT molecular complexity index is 1270. The van der Waals surface area contributed by atoms with Gasteiger partial charge in [0.25, 0.3) is 5.91 Å². The Kier molecular flexibility index (Phi) is 7.97. The number of carbonyl (C=O) groups is 1. The summed E-state index contributed by atoms with van der Waals surface area (Å²) in [5.74, 6) is -1.74. The molecule has 0 saturated heterocycles. The average Bonchev–Trinajstić information content (AvgIpc) is 2.79. The van der Waals surface area contributed by atoms with Gasteiger partial charge in [0, 0.05) is 35.3 Å². The molecule has 0 aliphatic heterocycles. The van der Waals surface area contributed by atoms with Gasteiger partial charge in [0.2, 0.25) is 0 Å². The number of halogens is 6. The summed E-state index contributed by atoms with van der Waals surface area (Å²) in [5, 5.41) is 2.29. The molecule has 12 heteroatoms. The molecule has 0 unspecified atom stereocenters. The minimum Gasteiger partial charge on any atom is -0.490 e. The maximum Gasteiger partial charge on any atom is 0.433 e. The third kappa shape index (κ3) is 6.07. The van der Waals surface area contributed by atoms with Crippen molar-refractivity contribution in [2.45, 2.75) is 32.7 Å². The Morgan fingerprint density at radius 2 is 1.86 bits per heavy atom. The number of nitrogens with zero attached hydrogens (tertiary/aromatic N) is 3. The quantitative estimate of drug-likeness (QED) is 0.295. The van der Waals surface area contributed by atoms with Crippen molar-refractivity contribution in [3.63, 3.8) is 0 Å². The molecule has 6 nitrogen and oxygen atoms in total. The Morgan fingerprint density at radius 1 is 1.17 bits per heavy atom. The second-order valence-corrected chi connectivity index (χ2v) is 8.24. The van der Waals surface area contributed by atoms with Crippen LogP contribution in [0.2, 0.25) is 10.2 Å². The molecule has 1 aromatic carbocycles. The molecule has 2 aromatic heterocycles. The van der Waals surface area contributed by atoms with Gasteiger partial charge in [-0.25, -0.2) is 9.37 Å². The summed E-state index contributed by atoms with van der Waals surface area (Å²) in [4.78, 5) is 24.1. The summed E-state index contributed by atoms with van der Waals surface area (Å²) in [6.45, 7) is 7.01. The number of alkyl halides is 3. The molecule has 3 rings (SSSR count). The number of carbonyl (C=O) groups excluding carboxylic acids is 1. The number of ether oxygens (including phenoxy) is 1. The lowest BCUT2D eigenvalue weighted by atomic mass is 9.97. The maximum atomic E-state index is 15.2. The van der Waals surface area contributed by atoms with E-state index in [9.17, 15) is 18.0 Å². The summed E-state index contributed by atoms with van der Waals surface area (Å²) in [6, 6.07) is 2.91. The topological polar surface area (TPSA) is 77.0 Å². The van der Waals surface area contributed by atoms with Crippen LogP contribution in [-0.2, 0) is 17.5 Å². The van der Waals surface area contributed by atoms with Gasteiger partial charge in [-0.3, -0.25) is 14.8 Å². The molecule has 0 saturated carbocycles. The van der Waals surface area contributed by atoms with Crippen LogP contribution in [0.4, 0.5) is 17.6 Å². The van der Waals surface area contributed by atoms with Crippen LogP contribution in [0.1, 0.15) is 30.8 Å². The lowest BCUT2D eigenvalue weighted by Crippen LogP contribution is -2.25. The number of benzene rings is 1. The van der Waals surface area contributed by atoms with Crippen molar-refractivity contribution in [2.75, 3.05) is 0 Å². The second-order valence-electron chi connectivity index (χ2n) is 7.48. The van der Waals surface area contributed by atoms with Crippen molar-refractivity contribution < 1.29 is 27.1 Å². The van der Waals surface area contributed by atoms with Crippen molar-refractivity contribution >= 4 is 34.7 Å². The van der Waals surface area contributed by atoms with E-state index in [1.54, 1.807) is 13.8 Å². The molecule has 184 valence electrons. The number of amides is 1. The summed E-state index contributed by atoms with van der Waals surface area (Å²) in [6.07, 6.45) is -1.52. The van der Waals surface area contributed by atoms with E-state index < -0.39 is 34.7 Å². The zero-order valence-electron chi connectivity index (χ0n) is 18.4.